The summed E-state index contributed by atoms with van der Waals surface area (Å²) >= 11 is 0. The zero-order valence-electron chi connectivity index (χ0n) is 17.5. The average Bonchev–Trinajstić information content (AvgIpc) is 3.48. The Bertz CT molecular complexity index is 1100. The van der Waals surface area contributed by atoms with Crippen LogP contribution in [0.1, 0.15) is 54.6 Å². The third-order valence-electron chi connectivity index (χ3n) is 7.40. The maximum absolute atomic E-state index is 13.0. The standard InChI is InChI=1S/C25H28N4O/c1-17(19-8-9-19)27-12-10-21(11-13-27)29-16-18(14-26-29)15-28-23-7-3-5-20-4-2-6-22(24(20)23)25(28)30/h2-7,14,16-17,19,21H,8-13,15H2,1H3. The van der Waals surface area contributed by atoms with Crippen LogP contribution >= 0.6 is 0 Å². The van der Waals surface area contributed by atoms with Gasteiger partial charge in [-0.05, 0) is 56.0 Å². The number of aromatic nitrogens is 2. The second kappa shape index (κ2) is 6.95. The quantitative estimate of drug-likeness (QED) is 0.627. The molecule has 5 nitrogen and oxygen atoms in total. The first kappa shape index (κ1) is 18.1. The molecule has 1 unspecified atom stereocenters. The Morgan fingerprint density at radius 3 is 2.60 bits per heavy atom. The number of piperidine rings is 1. The van der Waals surface area contributed by atoms with Gasteiger partial charge in [0.25, 0.3) is 5.91 Å². The molecule has 0 bridgehead atoms. The van der Waals surface area contributed by atoms with Crippen molar-refractivity contribution in [1.82, 2.24) is 14.7 Å². The van der Waals surface area contributed by atoms with Crippen molar-refractivity contribution in [3.63, 3.8) is 0 Å². The lowest BCUT2D eigenvalue weighted by Crippen LogP contribution is -2.41. The van der Waals surface area contributed by atoms with Crippen molar-refractivity contribution in [3.05, 3.63) is 59.9 Å². The summed E-state index contributed by atoms with van der Waals surface area (Å²) in [6.07, 6.45) is 9.24. The molecule has 5 heteroatoms. The summed E-state index contributed by atoms with van der Waals surface area (Å²) in [4.78, 5) is 17.6. The van der Waals surface area contributed by atoms with Crippen molar-refractivity contribution in [3.8, 4) is 0 Å². The van der Waals surface area contributed by atoms with Gasteiger partial charge >= 0.3 is 0 Å². The average molecular weight is 401 g/mol. The Morgan fingerprint density at radius 2 is 1.83 bits per heavy atom. The topological polar surface area (TPSA) is 41.4 Å². The van der Waals surface area contributed by atoms with Crippen LogP contribution in [0.2, 0.25) is 0 Å². The lowest BCUT2D eigenvalue weighted by molar-refractivity contribution is 0.0991. The molecule has 0 N–H and O–H groups in total. The Hall–Kier alpha value is -2.66. The second-order valence-electron chi connectivity index (χ2n) is 9.25. The highest BCUT2D eigenvalue weighted by Gasteiger charge is 2.34. The van der Waals surface area contributed by atoms with Crippen LogP contribution in [0, 0.1) is 5.92 Å². The van der Waals surface area contributed by atoms with Crippen molar-refractivity contribution >= 4 is 22.4 Å². The van der Waals surface area contributed by atoms with Gasteiger partial charge in [-0.3, -0.25) is 9.48 Å². The summed E-state index contributed by atoms with van der Waals surface area (Å²) in [5.74, 6) is 1.03. The monoisotopic (exact) mass is 400 g/mol. The van der Waals surface area contributed by atoms with Crippen molar-refractivity contribution in [2.24, 2.45) is 5.92 Å². The Morgan fingerprint density at radius 1 is 1.07 bits per heavy atom. The zero-order valence-corrected chi connectivity index (χ0v) is 17.5. The molecule has 1 saturated heterocycles. The molecule has 3 aliphatic rings. The summed E-state index contributed by atoms with van der Waals surface area (Å²) in [6.45, 7) is 5.30. The molecule has 2 aromatic carbocycles. The van der Waals surface area contributed by atoms with Gasteiger partial charge in [-0.2, -0.15) is 5.10 Å². The molecule has 1 aromatic heterocycles. The molecule has 2 fully saturated rings. The summed E-state index contributed by atoms with van der Waals surface area (Å²) in [6, 6.07) is 13.4. The maximum atomic E-state index is 13.0. The van der Waals surface area contributed by atoms with Gasteiger partial charge in [0, 0.05) is 41.8 Å². The molecule has 6 rings (SSSR count). The Balaban J connectivity index is 1.17. The third-order valence-corrected chi connectivity index (χ3v) is 7.40. The number of likely N-dealkylation sites (tertiary alicyclic amines) is 1. The van der Waals surface area contributed by atoms with Crippen LogP contribution in [-0.4, -0.2) is 39.7 Å². The Labute approximate surface area is 177 Å². The van der Waals surface area contributed by atoms with Gasteiger partial charge in [0.15, 0.2) is 0 Å². The van der Waals surface area contributed by atoms with Crippen molar-refractivity contribution < 1.29 is 4.79 Å². The van der Waals surface area contributed by atoms with Crippen LogP contribution in [0.25, 0.3) is 10.8 Å². The van der Waals surface area contributed by atoms with Gasteiger partial charge in [0.1, 0.15) is 0 Å². The summed E-state index contributed by atoms with van der Waals surface area (Å²) in [5, 5.41) is 6.89. The minimum absolute atomic E-state index is 0.0944. The number of carbonyl (C=O) groups is 1. The van der Waals surface area contributed by atoms with Crippen molar-refractivity contribution in [2.75, 3.05) is 18.0 Å². The van der Waals surface area contributed by atoms with E-state index < -0.39 is 0 Å². The molecule has 1 aliphatic carbocycles. The fourth-order valence-corrected chi connectivity index (χ4v) is 5.41. The van der Waals surface area contributed by atoms with E-state index in [1.54, 1.807) is 0 Å². The van der Waals surface area contributed by atoms with E-state index in [1.165, 1.54) is 25.9 Å². The fraction of sp³-hybridized carbons (Fsp3) is 0.440. The number of anilines is 1. The molecule has 3 heterocycles. The number of amides is 1. The largest absolute Gasteiger partial charge is 0.303 e. The van der Waals surface area contributed by atoms with E-state index in [1.807, 2.05) is 29.3 Å². The number of nitrogens with zero attached hydrogens (tertiary/aromatic N) is 4. The van der Waals surface area contributed by atoms with Gasteiger partial charge in [0.05, 0.1) is 24.5 Å². The normalized spacial score (nSPS) is 21.0. The number of hydrogen-bond acceptors (Lipinski definition) is 3. The van der Waals surface area contributed by atoms with Crippen molar-refractivity contribution in [1.29, 1.82) is 0 Å². The van der Waals surface area contributed by atoms with E-state index in [0.717, 1.165) is 52.4 Å². The molecular weight excluding hydrogens is 372 g/mol. The van der Waals surface area contributed by atoms with E-state index in [-0.39, 0.29) is 5.91 Å². The third kappa shape index (κ3) is 2.95. The highest BCUT2D eigenvalue weighted by molar-refractivity contribution is 6.24. The summed E-state index contributed by atoms with van der Waals surface area (Å²) in [5.41, 5.74) is 2.93. The number of carbonyl (C=O) groups excluding carboxylic acids is 1. The second-order valence-corrected chi connectivity index (χ2v) is 9.25. The molecule has 1 atom stereocenters. The molecule has 154 valence electrons. The number of rotatable bonds is 5. The molecule has 0 spiro atoms. The SMILES string of the molecule is CC(C1CC1)N1CCC(n2cc(CN3C(=O)c4cccc5cccc3c45)cn2)CC1. The first-order valence-corrected chi connectivity index (χ1v) is 11.3. The van der Waals surface area contributed by atoms with Gasteiger partial charge in [-0.15, -0.1) is 0 Å². The minimum atomic E-state index is 0.0944. The van der Waals surface area contributed by atoms with Crippen LogP contribution in [0.15, 0.2) is 48.8 Å². The lowest BCUT2D eigenvalue weighted by atomic mass is 10.0. The van der Waals surface area contributed by atoms with Gasteiger partial charge in [0.2, 0.25) is 0 Å². The first-order chi connectivity index (χ1) is 14.7. The van der Waals surface area contributed by atoms with E-state index >= 15 is 0 Å². The van der Waals surface area contributed by atoms with Crippen LogP contribution in [0.4, 0.5) is 5.69 Å². The maximum Gasteiger partial charge on any atom is 0.259 e. The van der Waals surface area contributed by atoms with Crippen LogP contribution in [0.3, 0.4) is 0 Å². The highest BCUT2D eigenvalue weighted by atomic mass is 16.2. The van der Waals surface area contributed by atoms with Crippen LogP contribution in [0.5, 0.6) is 0 Å². The zero-order chi connectivity index (χ0) is 20.2. The lowest BCUT2D eigenvalue weighted by Gasteiger charge is -2.36. The van der Waals surface area contributed by atoms with E-state index in [4.69, 9.17) is 0 Å². The van der Waals surface area contributed by atoms with Crippen LogP contribution in [-0.2, 0) is 6.54 Å². The minimum Gasteiger partial charge on any atom is -0.303 e. The predicted molar refractivity (Wildman–Crippen MR) is 119 cm³/mol. The summed E-state index contributed by atoms with van der Waals surface area (Å²) in [7, 11) is 0. The van der Waals surface area contributed by atoms with E-state index in [9.17, 15) is 4.79 Å². The predicted octanol–water partition coefficient (Wildman–Crippen LogP) is 4.63. The molecule has 1 amide bonds. The van der Waals surface area contributed by atoms with Gasteiger partial charge in [-0.1, -0.05) is 24.3 Å². The fourth-order valence-electron chi connectivity index (χ4n) is 5.41. The molecular formula is C25H28N4O. The molecule has 30 heavy (non-hydrogen) atoms. The molecule has 1 saturated carbocycles. The Kier molecular flexibility index (Phi) is 4.20. The van der Waals surface area contributed by atoms with E-state index in [2.05, 4.69) is 46.0 Å². The smallest absolute Gasteiger partial charge is 0.259 e. The molecule has 3 aromatic rings. The first-order valence-electron chi connectivity index (χ1n) is 11.3. The van der Waals surface area contributed by atoms with Gasteiger partial charge in [-0.25, -0.2) is 0 Å². The molecule has 2 aliphatic heterocycles. The van der Waals surface area contributed by atoms with Gasteiger partial charge < -0.3 is 9.80 Å². The highest BCUT2D eigenvalue weighted by Crippen LogP contribution is 2.39. The number of benzene rings is 2. The van der Waals surface area contributed by atoms with E-state index in [0.29, 0.717) is 12.6 Å². The molecule has 0 radical (unpaired) electrons. The van der Waals surface area contributed by atoms with Crippen molar-refractivity contribution in [2.45, 2.75) is 51.2 Å². The number of hydrogen-bond donors (Lipinski definition) is 0. The van der Waals surface area contributed by atoms with Crippen LogP contribution < -0.4 is 4.90 Å². The summed E-state index contributed by atoms with van der Waals surface area (Å²) < 4.78 is 2.14.